The Morgan fingerprint density at radius 1 is 1.15 bits per heavy atom. The fourth-order valence-corrected chi connectivity index (χ4v) is 3.69. The largest absolute Gasteiger partial charge is 0.507 e. The van der Waals surface area contributed by atoms with Gasteiger partial charge in [0.15, 0.2) is 5.82 Å². The number of unbranched alkanes of at least 4 members (excludes halogenated alkanes) is 1. The summed E-state index contributed by atoms with van der Waals surface area (Å²) < 4.78 is 24.2. The number of ether oxygens (including phenoxy) is 1. The zero-order valence-electron chi connectivity index (χ0n) is 18.2. The summed E-state index contributed by atoms with van der Waals surface area (Å²) in [4.78, 5) is 27.2. The zero-order valence-corrected chi connectivity index (χ0v) is 18.2. The number of hydrogen-bond acceptors (Lipinski definition) is 6. The number of aliphatic hydroxyl groups excluding tert-OH is 1. The summed E-state index contributed by atoms with van der Waals surface area (Å²) in [5, 5.41) is 14.9. The summed E-state index contributed by atoms with van der Waals surface area (Å²) in [6.07, 6.45) is 1.93. The first kappa shape index (κ1) is 22.3. The van der Waals surface area contributed by atoms with Crippen molar-refractivity contribution in [3.05, 3.63) is 82.9 Å². The molecule has 2 aromatic carbocycles. The van der Waals surface area contributed by atoms with Gasteiger partial charge in [0.1, 0.15) is 23.1 Å². The van der Waals surface area contributed by atoms with Crippen LogP contribution in [0.3, 0.4) is 0 Å². The Kier molecular flexibility index (Phi) is 6.26. The van der Waals surface area contributed by atoms with Crippen molar-refractivity contribution in [1.82, 2.24) is 5.16 Å². The molecule has 1 aliphatic heterocycles. The first-order valence-corrected chi connectivity index (χ1v) is 10.6. The smallest absolute Gasteiger partial charge is 0.301 e. The molecule has 0 radical (unpaired) electrons. The van der Waals surface area contributed by atoms with E-state index >= 15 is 0 Å². The maximum absolute atomic E-state index is 13.4. The SMILES string of the molecule is CCCCOc1ccc(C2C(=C(O)c3ccc(F)cc3)C(=O)C(=O)N2c2cc(C)on2)cc1. The van der Waals surface area contributed by atoms with E-state index in [1.54, 1.807) is 31.2 Å². The minimum Gasteiger partial charge on any atom is -0.507 e. The topological polar surface area (TPSA) is 92.9 Å². The summed E-state index contributed by atoms with van der Waals surface area (Å²) in [6, 6.07) is 12.6. The average molecular weight is 450 g/mol. The van der Waals surface area contributed by atoms with Gasteiger partial charge in [-0.25, -0.2) is 4.39 Å². The highest BCUT2D eigenvalue weighted by atomic mass is 19.1. The quantitative estimate of drug-likeness (QED) is 0.238. The van der Waals surface area contributed by atoms with E-state index in [4.69, 9.17) is 9.26 Å². The van der Waals surface area contributed by atoms with Crippen LogP contribution in [0.25, 0.3) is 5.76 Å². The van der Waals surface area contributed by atoms with Gasteiger partial charge in [0.25, 0.3) is 5.78 Å². The monoisotopic (exact) mass is 450 g/mol. The number of hydrogen-bond donors (Lipinski definition) is 1. The molecule has 3 aromatic rings. The van der Waals surface area contributed by atoms with E-state index in [-0.39, 0.29) is 17.0 Å². The van der Waals surface area contributed by atoms with Gasteiger partial charge in [-0.2, -0.15) is 0 Å². The van der Waals surface area contributed by atoms with Gasteiger partial charge in [0.05, 0.1) is 18.2 Å². The number of amides is 1. The maximum atomic E-state index is 13.4. The summed E-state index contributed by atoms with van der Waals surface area (Å²) >= 11 is 0. The van der Waals surface area contributed by atoms with Crippen LogP contribution in [-0.2, 0) is 9.59 Å². The second kappa shape index (κ2) is 9.28. The Bertz CT molecular complexity index is 1200. The number of rotatable bonds is 7. The number of carbonyl (C=O) groups is 2. The highest BCUT2D eigenvalue weighted by Gasteiger charge is 2.48. The van der Waals surface area contributed by atoms with Crippen LogP contribution < -0.4 is 9.64 Å². The van der Waals surface area contributed by atoms with Gasteiger partial charge in [0.2, 0.25) is 0 Å². The van der Waals surface area contributed by atoms with Crippen LogP contribution >= 0.6 is 0 Å². The van der Waals surface area contributed by atoms with Crippen molar-refractivity contribution in [2.24, 2.45) is 0 Å². The van der Waals surface area contributed by atoms with Gasteiger partial charge >= 0.3 is 5.91 Å². The lowest BCUT2D eigenvalue weighted by Gasteiger charge is -2.23. The van der Waals surface area contributed by atoms with E-state index in [9.17, 15) is 19.1 Å². The molecule has 8 heteroatoms. The van der Waals surface area contributed by atoms with Crippen LogP contribution in [-0.4, -0.2) is 28.6 Å². The molecular weight excluding hydrogens is 427 g/mol. The zero-order chi connectivity index (χ0) is 23.5. The molecule has 0 saturated carbocycles. The second-order valence-corrected chi connectivity index (χ2v) is 7.74. The molecule has 1 fully saturated rings. The first-order valence-electron chi connectivity index (χ1n) is 10.6. The minimum absolute atomic E-state index is 0.119. The molecule has 1 saturated heterocycles. The third kappa shape index (κ3) is 4.37. The first-order chi connectivity index (χ1) is 15.9. The van der Waals surface area contributed by atoms with Crippen molar-refractivity contribution in [3.8, 4) is 5.75 Å². The van der Waals surface area contributed by atoms with Crippen LogP contribution in [0.1, 0.15) is 42.7 Å². The van der Waals surface area contributed by atoms with E-state index in [1.807, 2.05) is 0 Å². The normalized spacial score (nSPS) is 17.5. The molecule has 0 bridgehead atoms. The molecule has 170 valence electrons. The number of aryl methyl sites for hydroxylation is 1. The fraction of sp³-hybridized carbons (Fsp3) is 0.240. The number of aromatic nitrogens is 1. The number of anilines is 1. The number of benzene rings is 2. The lowest BCUT2D eigenvalue weighted by atomic mass is 9.95. The van der Waals surface area contributed by atoms with E-state index < -0.39 is 29.3 Å². The number of halogens is 1. The van der Waals surface area contributed by atoms with Crippen molar-refractivity contribution < 1.29 is 28.3 Å². The average Bonchev–Trinajstić information content (AvgIpc) is 3.35. The van der Waals surface area contributed by atoms with Gasteiger partial charge in [0, 0.05) is 11.6 Å². The van der Waals surface area contributed by atoms with Crippen molar-refractivity contribution in [2.45, 2.75) is 32.7 Å². The Morgan fingerprint density at radius 3 is 2.45 bits per heavy atom. The Balaban J connectivity index is 1.81. The van der Waals surface area contributed by atoms with Crippen LogP contribution in [0.4, 0.5) is 10.2 Å². The number of ketones is 1. The molecular formula is C25H23FN2O5. The highest BCUT2D eigenvalue weighted by Crippen LogP contribution is 2.42. The lowest BCUT2D eigenvalue weighted by Crippen LogP contribution is -2.29. The molecule has 0 spiro atoms. The maximum Gasteiger partial charge on any atom is 0.301 e. The molecule has 33 heavy (non-hydrogen) atoms. The van der Waals surface area contributed by atoms with Crippen LogP contribution in [0.15, 0.2) is 64.7 Å². The highest BCUT2D eigenvalue weighted by molar-refractivity contribution is 6.51. The van der Waals surface area contributed by atoms with E-state index in [0.29, 0.717) is 23.7 Å². The van der Waals surface area contributed by atoms with E-state index in [0.717, 1.165) is 12.8 Å². The molecule has 1 aliphatic rings. The van der Waals surface area contributed by atoms with Gasteiger partial charge in [-0.1, -0.05) is 30.6 Å². The van der Waals surface area contributed by atoms with E-state index in [2.05, 4.69) is 12.1 Å². The summed E-state index contributed by atoms with van der Waals surface area (Å²) in [5.74, 6) is -1.33. The van der Waals surface area contributed by atoms with Crippen molar-refractivity contribution in [1.29, 1.82) is 0 Å². The number of nitrogens with zero attached hydrogens (tertiary/aromatic N) is 2. The molecule has 1 aromatic heterocycles. The van der Waals surface area contributed by atoms with Gasteiger partial charge < -0.3 is 14.4 Å². The molecule has 7 nitrogen and oxygen atoms in total. The van der Waals surface area contributed by atoms with Gasteiger partial charge in [-0.15, -0.1) is 0 Å². The molecule has 1 atom stereocenters. The Hall–Kier alpha value is -3.94. The predicted molar refractivity (Wildman–Crippen MR) is 119 cm³/mol. The Labute approximate surface area is 190 Å². The van der Waals surface area contributed by atoms with Crippen molar-refractivity contribution in [2.75, 3.05) is 11.5 Å². The van der Waals surface area contributed by atoms with Gasteiger partial charge in [-0.05, 0) is 55.3 Å². The number of aliphatic hydroxyl groups is 1. The Morgan fingerprint density at radius 2 is 1.85 bits per heavy atom. The minimum atomic E-state index is -0.954. The molecule has 1 unspecified atom stereocenters. The summed E-state index contributed by atoms with van der Waals surface area (Å²) in [5.41, 5.74) is 0.670. The van der Waals surface area contributed by atoms with Crippen LogP contribution in [0.2, 0.25) is 0 Å². The van der Waals surface area contributed by atoms with E-state index in [1.165, 1.54) is 35.2 Å². The number of Topliss-reactive ketones (excluding diaryl/α,β-unsaturated/α-hetero) is 1. The predicted octanol–water partition coefficient (Wildman–Crippen LogP) is 4.93. The van der Waals surface area contributed by atoms with Crippen LogP contribution in [0.5, 0.6) is 5.75 Å². The molecule has 0 aliphatic carbocycles. The standard InChI is InChI=1S/C25H23FN2O5/c1-3-4-13-32-19-11-7-16(8-12-19)22-21(23(29)17-5-9-18(26)10-6-17)24(30)25(31)28(22)20-14-15(2)33-27-20/h5-12,14,22,29H,3-4,13H2,1-2H3. The molecule has 2 heterocycles. The summed E-state index contributed by atoms with van der Waals surface area (Å²) in [7, 11) is 0. The van der Waals surface area contributed by atoms with Crippen molar-refractivity contribution in [3.63, 3.8) is 0 Å². The third-order valence-corrected chi connectivity index (χ3v) is 5.39. The number of carbonyl (C=O) groups excluding carboxylic acids is 2. The third-order valence-electron chi connectivity index (χ3n) is 5.39. The molecule has 1 amide bonds. The summed E-state index contributed by atoms with van der Waals surface area (Å²) in [6.45, 7) is 4.32. The van der Waals surface area contributed by atoms with Crippen LogP contribution in [0, 0.1) is 12.7 Å². The van der Waals surface area contributed by atoms with Gasteiger partial charge in [-0.3, -0.25) is 14.5 Å². The second-order valence-electron chi connectivity index (χ2n) is 7.74. The lowest BCUT2D eigenvalue weighted by molar-refractivity contribution is -0.132. The molecule has 1 N–H and O–H groups in total. The molecule has 4 rings (SSSR count). The van der Waals surface area contributed by atoms with Crippen molar-refractivity contribution >= 4 is 23.3 Å². The fourth-order valence-electron chi connectivity index (χ4n) is 3.69.